The average Bonchev–Trinajstić information content (AvgIpc) is 2.55. The highest BCUT2D eigenvalue weighted by atomic mass is 19.1. The Kier molecular flexibility index (Phi) is 4.09. The molecule has 1 fully saturated rings. The van der Waals surface area contributed by atoms with Crippen molar-refractivity contribution >= 4 is 12.0 Å². The summed E-state index contributed by atoms with van der Waals surface area (Å²) in [6.45, 7) is 3.35. The Morgan fingerprint density at radius 3 is 2.48 bits per heavy atom. The van der Waals surface area contributed by atoms with Gasteiger partial charge >= 0.3 is 0 Å². The molecule has 1 aliphatic rings. The maximum Gasteiger partial charge on any atom is 0.132 e. The zero-order valence-electron chi connectivity index (χ0n) is 11.7. The highest BCUT2D eigenvalue weighted by molar-refractivity contribution is 5.79. The second-order valence-electron chi connectivity index (χ2n) is 4.89. The van der Waals surface area contributed by atoms with E-state index < -0.39 is 0 Å². The summed E-state index contributed by atoms with van der Waals surface area (Å²) in [4.78, 5) is 6.58. The SMILES string of the molecule is Fc1ccccc1/C=N/N1CCN(c2ccccn2)CC1. The van der Waals surface area contributed by atoms with Gasteiger partial charge in [-0.3, -0.25) is 5.01 Å². The van der Waals surface area contributed by atoms with Crippen molar-refractivity contribution < 1.29 is 4.39 Å². The van der Waals surface area contributed by atoms with E-state index in [1.807, 2.05) is 29.3 Å². The second-order valence-corrected chi connectivity index (χ2v) is 4.89. The van der Waals surface area contributed by atoms with Crippen molar-refractivity contribution in [1.82, 2.24) is 9.99 Å². The van der Waals surface area contributed by atoms with E-state index in [0.29, 0.717) is 5.56 Å². The van der Waals surface area contributed by atoms with Crippen molar-refractivity contribution in [3.63, 3.8) is 0 Å². The predicted octanol–water partition coefficient (Wildman–Crippen LogP) is 2.38. The number of hydrazone groups is 1. The van der Waals surface area contributed by atoms with Gasteiger partial charge in [-0.15, -0.1) is 0 Å². The summed E-state index contributed by atoms with van der Waals surface area (Å²) in [6.07, 6.45) is 3.39. The number of halogens is 1. The van der Waals surface area contributed by atoms with E-state index >= 15 is 0 Å². The van der Waals surface area contributed by atoms with Crippen LogP contribution in [0.3, 0.4) is 0 Å². The lowest BCUT2D eigenvalue weighted by Gasteiger charge is -2.33. The molecule has 1 aromatic heterocycles. The van der Waals surface area contributed by atoms with Crippen LogP contribution in [0.2, 0.25) is 0 Å². The molecule has 0 N–H and O–H groups in total. The molecule has 0 atom stereocenters. The molecule has 0 aliphatic carbocycles. The van der Waals surface area contributed by atoms with E-state index in [-0.39, 0.29) is 5.82 Å². The number of aromatic nitrogens is 1. The monoisotopic (exact) mass is 284 g/mol. The van der Waals surface area contributed by atoms with E-state index in [4.69, 9.17) is 0 Å². The summed E-state index contributed by atoms with van der Waals surface area (Å²) < 4.78 is 13.5. The molecule has 1 aliphatic heterocycles. The lowest BCUT2D eigenvalue weighted by molar-refractivity contribution is 0.271. The quantitative estimate of drug-likeness (QED) is 0.811. The zero-order valence-corrected chi connectivity index (χ0v) is 11.7. The number of anilines is 1. The van der Waals surface area contributed by atoms with E-state index in [1.165, 1.54) is 6.07 Å². The first-order valence-corrected chi connectivity index (χ1v) is 7.02. The highest BCUT2D eigenvalue weighted by Crippen LogP contribution is 2.12. The fourth-order valence-corrected chi connectivity index (χ4v) is 2.30. The van der Waals surface area contributed by atoms with E-state index in [9.17, 15) is 4.39 Å². The lowest BCUT2D eigenvalue weighted by Crippen LogP contribution is -2.44. The van der Waals surface area contributed by atoms with Gasteiger partial charge in [0.25, 0.3) is 0 Å². The van der Waals surface area contributed by atoms with Crippen LogP contribution in [0.15, 0.2) is 53.8 Å². The number of nitrogens with zero attached hydrogens (tertiary/aromatic N) is 4. The third-order valence-corrected chi connectivity index (χ3v) is 3.49. The molecule has 21 heavy (non-hydrogen) atoms. The number of rotatable bonds is 3. The maximum absolute atomic E-state index is 13.5. The van der Waals surface area contributed by atoms with Crippen LogP contribution in [0.4, 0.5) is 10.2 Å². The third kappa shape index (κ3) is 3.37. The van der Waals surface area contributed by atoms with Gasteiger partial charge < -0.3 is 4.90 Å². The third-order valence-electron chi connectivity index (χ3n) is 3.49. The number of pyridine rings is 1. The molecule has 2 aromatic rings. The number of piperazine rings is 1. The number of hydrogen-bond donors (Lipinski definition) is 0. The minimum atomic E-state index is -0.242. The maximum atomic E-state index is 13.5. The molecule has 0 radical (unpaired) electrons. The van der Waals surface area contributed by atoms with Crippen molar-refractivity contribution in [3.05, 3.63) is 60.0 Å². The Morgan fingerprint density at radius 1 is 1.00 bits per heavy atom. The molecule has 0 unspecified atom stereocenters. The van der Waals surface area contributed by atoms with Gasteiger partial charge in [0.1, 0.15) is 11.6 Å². The van der Waals surface area contributed by atoms with E-state index in [1.54, 1.807) is 24.5 Å². The summed E-state index contributed by atoms with van der Waals surface area (Å²) in [5, 5.41) is 6.33. The molecule has 108 valence electrons. The lowest BCUT2D eigenvalue weighted by atomic mass is 10.2. The van der Waals surface area contributed by atoms with Gasteiger partial charge in [-0.1, -0.05) is 24.3 Å². The topological polar surface area (TPSA) is 31.7 Å². The highest BCUT2D eigenvalue weighted by Gasteiger charge is 2.16. The van der Waals surface area contributed by atoms with Crippen molar-refractivity contribution in [2.45, 2.75) is 0 Å². The van der Waals surface area contributed by atoms with Gasteiger partial charge in [-0.25, -0.2) is 9.37 Å². The molecular formula is C16H17FN4. The first-order chi connectivity index (χ1) is 10.3. The molecule has 1 aromatic carbocycles. The Balaban J connectivity index is 1.58. The first kappa shape index (κ1) is 13.5. The molecular weight excluding hydrogens is 267 g/mol. The fourth-order valence-electron chi connectivity index (χ4n) is 2.30. The van der Waals surface area contributed by atoms with E-state index in [0.717, 1.165) is 32.0 Å². The summed E-state index contributed by atoms with van der Waals surface area (Å²) in [6, 6.07) is 12.6. The van der Waals surface area contributed by atoms with Gasteiger partial charge in [0.05, 0.1) is 19.3 Å². The standard InChI is InChI=1S/C16H17FN4/c17-15-6-2-1-5-14(15)13-19-21-11-9-20(10-12-21)16-7-3-4-8-18-16/h1-8,13H,9-12H2/b19-13+. The van der Waals surface area contributed by atoms with Crippen LogP contribution in [0.5, 0.6) is 0 Å². The molecule has 4 nitrogen and oxygen atoms in total. The zero-order chi connectivity index (χ0) is 14.5. The first-order valence-electron chi connectivity index (χ1n) is 7.02. The Bertz CT molecular complexity index is 607. The van der Waals surface area contributed by atoms with Crippen LogP contribution in [0, 0.1) is 5.82 Å². The number of benzene rings is 1. The van der Waals surface area contributed by atoms with Crippen LogP contribution in [0.25, 0.3) is 0 Å². The summed E-state index contributed by atoms with van der Waals surface area (Å²) in [7, 11) is 0. The molecule has 0 bridgehead atoms. The summed E-state index contributed by atoms with van der Waals surface area (Å²) in [5.41, 5.74) is 0.518. The molecule has 5 heteroatoms. The largest absolute Gasteiger partial charge is 0.353 e. The summed E-state index contributed by atoms with van der Waals surface area (Å²) in [5.74, 6) is 0.753. The molecule has 0 spiro atoms. The van der Waals surface area contributed by atoms with Crippen molar-refractivity contribution in [2.24, 2.45) is 5.10 Å². The van der Waals surface area contributed by atoms with Crippen LogP contribution >= 0.6 is 0 Å². The van der Waals surface area contributed by atoms with Crippen molar-refractivity contribution in [1.29, 1.82) is 0 Å². The van der Waals surface area contributed by atoms with Crippen molar-refractivity contribution in [2.75, 3.05) is 31.1 Å². The van der Waals surface area contributed by atoms with Gasteiger partial charge in [-0.05, 0) is 18.2 Å². The van der Waals surface area contributed by atoms with Crippen LogP contribution in [0.1, 0.15) is 5.56 Å². The predicted molar refractivity (Wildman–Crippen MR) is 82.0 cm³/mol. The normalized spacial score (nSPS) is 15.7. The Hall–Kier alpha value is -2.43. The second kappa shape index (κ2) is 6.35. The van der Waals surface area contributed by atoms with Gasteiger partial charge in [0, 0.05) is 24.8 Å². The van der Waals surface area contributed by atoms with Crippen LogP contribution in [-0.4, -0.2) is 42.4 Å². The van der Waals surface area contributed by atoms with Gasteiger partial charge in [0.2, 0.25) is 0 Å². The molecule has 3 rings (SSSR count). The average molecular weight is 284 g/mol. The van der Waals surface area contributed by atoms with Crippen LogP contribution in [-0.2, 0) is 0 Å². The number of hydrogen-bond acceptors (Lipinski definition) is 4. The van der Waals surface area contributed by atoms with Gasteiger partial charge in [0.15, 0.2) is 0 Å². The minimum Gasteiger partial charge on any atom is -0.353 e. The van der Waals surface area contributed by atoms with Crippen molar-refractivity contribution in [3.8, 4) is 0 Å². The molecule has 0 saturated carbocycles. The van der Waals surface area contributed by atoms with E-state index in [2.05, 4.69) is 15.0 Å². The smallest absolute Gasteiger partial charge is 0.132 e. The molecule has 2 heterocycles. The Labute approximate surface area is 123 Å². The summed E-state index contributed by atoms with van der Waals surface area (Å²) >= 11 is 0. The molecule has 0 amide bonds. The minimum absolute atomic E-state index is 0.242. The molecule has 1 saturated heterocycles. The Morgan fingerprint density at radius 2 is 1.76 bits per heavy atom. The van der Waals surface area contributed by atoms with Crippen LogP contribution < -0.4 is 4.90 Å². The van der Waals surface area contributed by atoms with Gasteiger partial charge in [-0.2, -0.15) is 5.10 Å². The fraction of sp³-hybridized carbons (Fsp3) is 0.250.